The van der Waals surface area contributed by atoms with Crippen LogP contribution in [0, 0.1) is 0 Å². The molecule has 9 heavy (non-hydrogen) atoms. The molecule has 1 nitrogen and oxygen atoms in total. The lowest BCUT2D eigenvalue weighted by Gasteiger charge is -1.91. The Hall–Kier alpha value is -0.210. The molecule has 50 valence electrons. The van der Waals surface area contributed by atoms with E-state index < -0.39 is 5.24 Å². The number of carbonyl (C=O) groups is 1. The number of rotatable bonds is 3. The van der Waals surface area contributed by atoms with Crippen LogP contribution in [-0.4, -0.2) is 5.24 Å². The van der Waals surface area contributed by atoms with Crippen molar-refractivity contribution in [2.45, 2.75) is 6.92 Å². The highest BCUT2D eigenvalue weighted by atomic mass is 35.5. The predicted molar refractivity (Wildman–Crippen MR) is 42.4 cm³/mol. The minimum absolute atomic E-state index is 0.428. The van der Waals surface area contributed by atoms with Crippen molar-refractivity contribution >= 4 is 28.6 Å². The molecule has 0 unspecified atom stereocenters. The van der Waals surface area contributed by atoms with E-state index in [0.29, 0.717) is 4.91 Å². The van der Waals surface area contributed by atoms with Gasteiger partial charge in [-0.05, 0) is 23.9 Å². The average molecular weight is 163 g/mol. The molecule has 0 rings (SSSR count). The molecule has 0 heterocycles. The highest BCUT2D eigenvalue weighted by molar-refractivity contribution is 8.06. The molecule has 0 aromatic carbocycles. The van der Waals surface area contributed by atoms with Gasteiger partial charge in [0.15, 0.2) is 0 Å². The van der Waals surface area contributed by atoms with Gasteiger partial charge in [0.25, 0.3) is 5.24 Å². The molecule has 0 fully saturated rings. The lowest BCUT2D eigenvalue weighted by atomic mass is 10.6. The third kappa shape index (κ3) is 3.38. The predicted octanol–water partition coefficient (Wildman–Crippen LogP) is 2.53. The lowest BCUT2D eigenvalue weighted by molar-refractivity contribution is -0.107. The molecular weight excluding hydrogens is 156 g/mol. The van der Waals surface area contributed by atoms with Gasteiger partial charge in [-0.2, -0.15) is 0 Å². The van der Waals surface area contributed by atoms with E-state index in [1.54, 1.807) is 18.4 Å². The molecular formula is C6H7ClOS. The van der Waals surface area contributed by atoms with Crippen LogP contribution in [-0.2, 0) is 4.79 Å². The number of hydrogen-bond donors (Lipinski definition) is 0. The Morgan fingerprint density at radius 1 is 1.78 bits per heavy atom. The fourth-order valence-electron chi connectivity index (χ4n) is 0.318. The summed E-state index contributed by atoms with van der Waals surface area (Å²) in [6.45, 7) is 5.20. The Morgan fingerprint density at radius 3 is 2.44 bits per heavy atom. The van der Waals surface area contributed by atoms with Crippen LogP contribution in [0.4, 0.5) is 0 Å². The van der Waals surface area contributed by atoms with Crippen molar-refractivity contribution in [2.75, 3.05) is 0 Å². The summed E-state index contributed by atoms with van der Waals surface area (Å²) in [5, 5.41) is 1.14. The SMILES string of the molecule is C=CS/C(=C\C)C(=O)Cl. The molecule has 0 aliphatic carbocycles. The summed E-state index contributed by atoms with van der Waals surface area (Å²) in [6.07, 6.45) is 1.65. The molecule has 0 atom stereocenters. The summed E-state index contributed by atoms with van der Waals surface area (Å²) in [7, 11) is 0. The first-order valence-corrected chi connectivity index (χ1v) is 3.61. The maximum atomic E-state index is 10.4. The molecule has 0 saturated heterocycles. The standard InChI is InChI=1S/C6H7ClOS/c1-3-5(6(7)8)9-4-2/h3-4H,2H2,1H3/b5-3-. The molecule has 0 aromatic rings. The van der Waals surface area contributed by atoms with Gasteiger partial charge in [-0.1, -0.05) is 24.4 Å². The molecule has 0 aliphatic heterocycles. The summed E-state index contributed by atoms with van der Waals surface area (Å²) in [6, 6.07) is 0. The summed E-state index contributed by atoms with van der Waals surface area (Å²) < 4.78 is 0. The van der Waals surface area contributed by atoms with E-state index in [2.05, 4.69) is 6.58 Å². The first-order chi connectivity index (χ1) is 4.22. The second-order valence-electron chi connectivity index (χ2n) is 1.21. The van der Waals surface area contributed by atoms with Crippen LogP contribution in [0.5, 0.6) is 0 Å². The molecule has 0 bridgehead atoms. The van der Waals surface area contributed by atoms with E-state index in [1.807, 2.05) is 0 Å². The highest BCUT2D eigenvalue weighted by Gasteiger charge is 2.01. The maximum Gasteiger partial charge on any atom is 0.258 e. The maximum absolute atomic E-state index is 10.4. The zero-order valence-electron chi connectivity index (χ0n) is 5.06. The summed E-state index contributed by atoms with van der Waals surface area (Å²) in [5.74, 6) is 0. The average Bonchev–Trinajstić information content (AvgIpc) is 1.82. The van der Waals surface area contributed by atoms with E-state index >= 15 is 0 Å². The normalized spacial score (nSPS) is 11.1. The van der Waals surface area contributed by atoms with Gasteiger partial charge in [0, 0.05) is 0 Å². The Bertz CT molecular complexity index is 151. The number of hydrogen-bond acceptors (Lipinski definition) is 2. The third-order valence-corrected chi connectivity index (χ3v) is 1.82. The quantitative estimate of drug-likeness (QED) is 0.469. The zero-order chi connectivity index (χ0) is 7.28. The summed E-state index contributed by atoms with van der Waals surface area (Å²) in [5.41, 5.74) is 0. The van der Waals surface area contributed by atoms with Crippen LogP contribution in [0.1, 0.15) is 6.92 Å². The lowest BCUT2D eigenvalue weighted by Crippen LogP contribution is -1.84. The van der Waals surface area contributed by atoms with Crippen LogP contribution in [0.3, 0.4) is 0 Å². The van der Waals surface area contributed by atoms with Crippen LogP contribution in [0.2, 0.25) is 0 Å². The van der Waals surface area contributed by atoms with Crippen molar-refractivity contribution in [3.63, 3.8) is 0 Å². The fourth-order valence-corrected chi connectivity index (χ4v) is 0.969. The van der Waals surface area contributed by atoms with E-state index in [1.165, 1.54) is 11.8 Å². The van der Waals surface area contributed by atoms with Crippen molar-refractivity contribution in [3.8, 4) is 0 Å². The number of thioether (sulfide) groups is 1. The molecule has 0 aromatic heterocycles. The van der Waals surface area contributed by atoms with E-state index in [-0.39, 0.29) is 0 Å². The second-order valence-corrected chi connectivity index (χ2v) is 2.56. The smallest absolute Gasteiger partial charge is 0.258 e. The van der Waals surface area contributed by atoms with E-state index in [4.69, 9.17) is 11.6 Å². The van der Waals surface area contributed by atoms with Crippen molar-refractivity contribution in [1.82, 2.24) is 0 Å². The Balaban J connectivity index is 4.00. The van der Waals surface area contributed by atoms with E-state index in [9.17, 15) is 4.79 Å². The molecule has 0 amide bonds. The van der Waals surface area contributed by atoms with Gasteiger partial charge in [0.05, 0.1) is 4.91 Å². The molecule has 0 radical (unpaired) electrons. The van der Waals surface area contributed by atoms with Crippen molar-refractivity contribution in [2.24, 2.45) is 0 Å². The van der Waals surface area contributed by atoms with Crippen molar-refractivity contribution < 1.29 is 4.79 Å². The van der Waals surface area contributed by atoms with Gasteiger partial charge in [0.2, 0.25) is 0 Å². The van der Waals surface area contributed by atoms with Gasteiger partial charge in [-0.3, -0.25) is 4.79 Å². The minimum Gasteiger partial charge on any atom is -0.275 e. The Morgan fingerprint density at radius 2 is 2.33 bits per heavy atom. The van der Waals surface area contributed by atoms with Crippen LogP contribution < -0.4 is 0 Å². The van der Waals surface area contributed by atoms with Gasteiger partial charge in [0.1, 0.15) is 0 Å². The van der Waals surface area contributed by atoms with Gasteiger partial charge in [-0.25, -0.2) is 0 Å². The fraction of sp³-hybridized carbons (Fsp3) is 0.167. The van der Waals surface area contributed by atoms with Gasteiger partial charge in [-0.15, -0.1) is 0 Å². The van der Waals surface area contributed by atoms with Crippen LogP contribution in [0.15, 0.2) is 23.0 Å². The summed E-state index contributed by atoms with van der Waals surface area (Å²) in [4.78, 5) is 10.9. The van der Waals surface area contributed by atoms with Crippen molar-refractivity contribution in [1.29, 1.82) is 0 Å². The zero-order valence-corrected chi connectivity index (χ0v) is 6.63. The third-order valence-electron chi connectivity index (χ3n) is 0.666. The summed E-state index contributed by atoms with van der Waals surface area (Å²) >= 11 is 6.37. The van der Waals surface area contributed by atoms with Crippen LogP contribution >= 0.6 is 23.4 Å². The highest BCUT2D eigenvalue weighted by Crippen LogP contribution is 2.17. The Labute approximate surface area is 63.8 Å². The van der Waals surface area contributed by atoms with Gasteiger partial charge >= 0.3 is 0 Å². The van der Waals surface area contributed by atoms with Crippen LogP contribution in [0.25, 0.3) is 0 Å². The topological polar surface area (TPSA) is 17.1 Å². The number of carbonyl (C=O) groups excluding carboxylic acids is 1. The molecule has 0 saturated carbocycles. The first kappa shape index (κ1) is 8.79. The Kier molecular flexibility index (Phi) is 4.54. The largest absolute Gasteiger partial charge is 0.275 e. The molecule has 0 spiro atoms. The monoisotopic (exact) mass is 162 g/mol. The molecule has 0 N–H and O–H groups in total. The van der Waals surface area contributed by atoms with Gasteiger partial charge < -0.3 is 0 Å². The second kappa shape index (κ2) is 4.65. The molecule has 0 aliphatic rings. The van der Waals surface area contributed by atoms with Crippen molar-refractivity contribution in [3.05, 3.63) is 23.0 Å². The molecule has 3 heteroatoms. The number of allylic oxidation sites excluding steroid dienone is 2. The number of halogens is 1. The minimum atomic E-state index is -0.428. The van der Waals surface area contributed by atoms with E-state index in [0.717, 1.165) is 0 Å². The first-order valence-electron chi connectivity index (χ1n) is 2.36.